The third-order valence-electron chi connectivity index (χ3n) is 6.76. The number of ketones is 1. The molecule has 5 nitrogen and oxygen atoms in total. The van der Waals surface area contributed by atoms with Crippen molar-refractivity contribution in [2.45, 2.75) is 64.9 Å². The number of furan rings is 1. The number of amides is 1. The number of ether oxygens (including phenoxy) is 1. The van der Waals surface area contributed by atoms with Gasteiger partial charge in [0, 0.05) is 16.6 Å². The van der Waals surface area contributed by atoms with Crippen LogP contribution in [0.5, 0.6) is 5.75 Å². The Morgan fingerprint density at radius 1 is 1.03 bits per heavy atom. The molecule has 0 saturated heterocycles. The lowest BCUT2D eigenvalue weighted by Crippen LogP contribution is -2.43. The molecule has 2 aromatic carbocycles. The van der Waals surface area contributed by atoms with Gasteiger partial charge in [0.2, 0.25) is 0 Å². The van der Waals surface area contributed by atoms with Crippen LogP contribution in [0.4, 0.5) is 5.69 Å². The van der Waals surface area contributed by atoms with Crippen molar-refractivity contribution < 1.29 is 18.7 Å². The molecule has 0 atom stereocenters. The zero-order chi connectivity index (χ0) is 21.8. The lowest BCUT2D eigenvalue weighted by atomic mass is 9.78. The normalized spacial score (nSPS) is 17.5. The molecule has 3 aromatic rings. The molecule has 1 fully saturated rings. The van der Waals surface area contributed by atoms with Crippen molar-refractivity contribution in [3.8, 4) is 5.75 Å². The van der Waals surface area contributed by atoms with Crippen molar-refractivity contribution in [3.63, 3.8) is 0 Å². The minimum absolute atomic E-state index is 0.0825. The minimum atomic E-state index is -0.365. The van der Waals surface area contributed by atoms with Crippen LogP contribution < -0.4 is 10.1 Å². The van der Waals surface area contributed by atoms with E-state index in [1.54, 1.807) is 0 Å². The molecule has 1 N–H and O–H groups in total. The van der Waals surface area contributed by atoms with Crippen LogP contribution in [0.3, 0.4) is 0 Å². The van der Waals surface area contributed by atoms with E-state index in [9.17, 15) is 9.59 Å². The summed E-state index contributed by atoms with van der Waals surface area (Å²) in [6, 6.07) is 9.55. The minimum Gasteiger partial charge on any atom is -0.486 e. The van der Waals surface area contributed by atoms with Crippen molar-refractivity contribution in [3.05, 3.63) is 58.3 Å². The molecule has 5 rings (SSSR count). The second-order valence-corrected chi connectivity index (χ2v) is 9.09. The molecule has 0 unspecified atom stereocenters. The van der Waals surface area contributed by atoms with Crippen LogP contribution in [0.25, 0.3) is 11.0 Å². The lowest BCUT2D eigenvalue weighted by Gasteiger charge is -2.40. The number of aryl methyl sites for hydroxylation is 3. The number of rotatable bonds is 2. The molecule has 2 aliphatic rings. The summed E-state index contributed by atoms with van der Waals surface area (Å²) in [5.41, 5.74) is 4.20. The number of hydrogen-bond acceptors (Lipinski definition) is 4. The van der Waals surface area contributed by atoms with E-state index in [1.165, 1.54) is 6.42 Å². The molecule has 1 spiro atoms. The highest BCUT2D eigenvalue weighted by atomic mass is 16.5. The van der Waals surface area contributed by atoms with Crippen LogP contribution in [0, 0.1) is 20.8 Å². The van der Waals surface area contributed by atoms with Gasteiger partial charge >= 0.3 is 0 Å². The van der Waals surface area contributed by atoms with Gasteiger partial charge in [-0.05, 0) is 75.8 Å². The summed E-state index contributed by atoms with van der Waals surface area (Å²) < 4.78 is 12.4. The predicted molar refractivity (Wildman–Crippen MR) is 120 cm³/mol. The van der Waals surface area contributed by atoms with Gasteiger partial charge in [0.1, 0.15) is 16.9 Å². The van der Waals surface area contributed by atoms with Gasteiger partial charge in [-0.15, -0.1) is 0 Å². The van der Waals surface area contributed by atoms with Crippen molar-refractivity contribution in [1.29, 1.82) is 0 Å². The average molecular weight is 418 g/mol. The standard InChI is InChI=1S/C26H27NO4/c1-15-7-8-16(2)18(13-15)27-25(29)24-17(3)22-20(30-24)9-10-21-23(22)19(28)14-26(31-21)11-5-4-6-12-26/h7-10,13H,4-6,11-12,14H2,1-3H3,(H,27,29). The highest BCUT2D eigenvalue weighted by Crippen LogP contribution is 2.45. The SMILES string of the molecule is Cc1ccc(C)c(NC(=O)c2oc3ccc4c(c3c2C)C(=O)CC2(CCCCC2)O4)c1. The Kier molecular flexibility index (Phi) is 4.65. The molecule has 31 heavy (non-hydrogen) atoms. The maximum Gasteiger partial charge on any atom is 0.291 e. The van der Waals surface area contributed by atoms with E-state index < -0.39 is 0 Å². The zero-order valence-electron chi connectivity index (χ0n) is 18.3. The van der Waals surface area contributed by atoms with E-state index in [4.69, 9.17) is 9.15 Å². The van der Waals surface area contributed by atoms with Gasteiger partial charge in [-0.3, -0.25) is 9.59 Å². The maximum atomic E-state index is 13.3. The molecule has 1 aliphatic carbocycles. The molecule has 1 amide bonds. The summed E-state index contributed by atoms with van der Waals surface area (Å²) >= 11 is 0. The number of hydrogen-bond donors (Lipinski definition) is 1. The summed E-state index contributed by atoms with van der Waals surface area (Å²) in [4.78, 5) is 26.3. The van der Waals surface area contributed by atoms with Gasteiger partial charge in [-0.2, -0.15) is 0 Å². The summed E-state index contributed by atoms with van der Waals surface area (Å²) in [7, 11) is 0. The fourth-order valence-electron chi connectivity index (χ4n) is 5.08. The van der Waals surface area contributed by atoms with Gasteiger partial charge in [0.25, 0.3) is 5.91 Å². The Morgan fingerprint density at radius 2 is 1.81 bits per heavy atom. The fourth-order valence-corrected chi connectivity index (χ4v) is 5.08. The van der Waals surface area contributed by atoms with E-state index in [2.05, 4.69) is 5.32 Å². The van der Waals surface area contributed by atoms with Gasteiger partial charge in [0.15, 0.2) is 11.5 Å². The van der Waals surface area contributed by atoms with E-state index >= 15 is 0 Å². The molecule has 0 radical (unpaired) electrons. The summed E-state index contributed by atoms with van der Waals surface area (Å²) in [6.45, 7) is 5.77. The molecule has 160 valence electrons. The van der Waals surface area contributed by atoms with E-state index in [0.29, 0.717) is 34.3 Å². The first-order valence-electron chi connectivity index (χ1n) is 11.0. The molecule has 1 saturated carbocycles. The van der Waals surface area contributed by atoms with E-state index in [1.807, 2.05) is 51.1 Å². The number of benzene rings is 2. The average Bonchev–Trinajstić information content (AvgIpc) is 3.08. The largest absolute Gasteiger partial charge is 0.486 e. The van der Waals surface area contributed by atoms with E-state index in [-0.39, 0.29) is 23.1 Å². The molecule has 1 aromatic heterocycles. The van der Waals surface area contributed by atoms with E-state index in [0.717, 1.165) is 42.5 Å². The van der Waals surface area contributed by atoms with Gasteiger partial charge in [0.05, 0.1) is 12.0 Å². The first-order chi connectivity index (χ1) is 14.9. The molecule has 5 heteroatoms. The van der Waals surface area contributed by atoms with Gasteiger partial charge in [-0.1, -0.05) is 18.6 Å². The lowest BCUT2D eigenvalue weighted by molar-refractivity contribution is 0.0139. The van der Waals surface area contributed by atoms with Crippen molar-refractivity contribution in [2.75, 3.05) is 5.32 Å². The third-order valence-corrected chi connectivity index (χ3v) is 6.76. The number of nitrogens with one attached hydrogen (secondary N) is 1. The molecule has 2 heterocycles. The summed E-state index contributed by atoms with van der Waals surface area (Å²) in [5, 5.41) is 3.65. The number of anilines is 1. The van der Waals surface area contributed by atoms with Crippen molar-refractivity contribution in [2.24, 2.45) is 0 Å². The highest BCUT2D eigenvalue weighted by molar-refractivity contribution is 6.15. The molecular formula is C26H27NO4. The second kappa shape index (κ2) is 7.26. The van der Waals surface area contributed by atoms with Gasteiger partial charge < -0.3 is 14.5 Å². The van der Waals surface area contributed by atoms with Crippen molar-refractivity contribution in [1.82, 2.24) is 0 Å². The number of carbonyl (C=O) groups excluding carboxylic acids is 2. The topological polar surface area (TPSA) is 68.5 Å². The van der Waals surface area contributed by atoms with Crippen molar-refractivity contribution >= 4 is 28.3 Å². The second-order valence-electron chi connectivity index (χ2n) is 9.09. The Labute approximate surface area is 181 Å². The Hall–Kier alpha value is -3.08. The summed E-state index contributed by atoms with van der Waals surface area (Å²) in [6.07, 6.45) is 5.63. The van der Waals surface area contributed by atoms with Crippen LogP contribution >= 0.6 is 0 Å². The molecule has 0 bridgehead atoms. The van der Waals surface area contributed by atoms with Crippen LogP contribution in [0.15, 0.2) is 34.7 Å². The molecular weight excluding hydrogens is 390 g/mol. The Bertz CT molecular complexity index is 1210. The fraction of sp³-hybridized carbons (Fsp3) is 0.385. The highest BCUT2D eigenvalue weighted by Gasteiger charge is 2.42. The number of fused-ring (bicyclic) bond motifs is 3. The quantitative estimate of drug-likeness (QED) is 0.533. The number of Topliss-reactive ketones (excluding diaryl/α,β-unsaturated/α-hetero) is 1. The van der Waals surface area contributed by atoms with Crippen LogP contribution in [0.1, 0.15) is 76.1 Å². The smallest absolute Gasteiger partial charge is 0.291 e. The summed E-state index contributed by atoms with van der Waals surface area (Å²) in [5.74, 6) is 0.620. The monoisotopic (exact) mass is 417 g/mol. The first kappa shape index (κ1) is 19.9. The zero-order valence-corrected chi connectivity index (χ0v) is 18.3. The van der Waals surface area contributed by atoms with Crippen LogP contribution in [-0.2, 0) is 0 Å². The van der Waals surface area contributed by atoms with Crippen LogP contribution in [0.2, 0.25) is 0 Å². The third kappa shape index (κ3) is 3.32. The van der Waals surface area contributed by atoms with Crippen LogP contribution in [-0.4, -0.2) is 17.3 Å². The first-order valence-corrected chi connectivity index (χ1v) is 11.0. The Morgan fingerprint density at radius 3 is 2.58 bits per heavy atom. The maximum absolute atomic E-state index is 13.3. The number of carbonyl (C=O) groups is 2. The predicted octanol–water partition coefficient (Wildman–Crippen LogP) is 6.28. The van der Waals surface area contributed by atoms with Gasteiger partial charge in [-0.25, -0.2) is 0 Å². The molecule has 1 aliphatic heterocycles. The Balaban J connectivity index is 1.54.